The van der Waals surface area contributed by atoms with Gasteiger partial charge in [-0.1, -0.05) is 42.5 Å². The van der Waals surface area contributed by atoms with Crippen molar-refractivity contribution < 1.29 is 14.5 Å². The highest BCUT2D eigenvalue weighted by atomic mass is 16.6. The van der Waals surface area contributed by atoms with Gasteiger partial charge in [0.05, 0.1) is 29.8 Å². The standard InChI is InChI=1S/C22H23N3O4/c1-14(18-10-6-8-16-7-4-5-9-19(16)18)23-15(2)22(26)24-20-12-11-17(25(27)28)13-21(20)29-3/h4-15,23H,1-3H3,(H,24,26)/t14-,15-/m0/s1. The van der Waals surface area contributed by atoms with Crippen LogP contribution in [0.5, 0.6) is 5.75 Å². The SMILES string of the molecule is COc1cc([N+](=O)[O-])ccc1NC(=O)[C@H](C)N[C@@H](C)c1cccc2ccccc12. The third-order valence-corrected chi connectivity index (χ3v) is 4.84. The van der Waals surface area contributed by atoms with Gasteiger partial charge in [-0.2, -0.15) is 0 Å². The molecule has 0 aromatic heterocycles. The number of fused-ring (bicyclic) bond motifs is 1. The molecule has 1 amide bonds. The van der Waals surface area contributed by atoms with Gasteiger partial charge < -0.3 is 10.1 Å². The van der Waals surface area contributed by atoms with Crippen LogP contribution in [0.25, 0.3) is 10.8 Å². The number of methoxy groups -OCH3 is 1. The van der Waals surface area contributed by atoms with E-state index in [-0.39, 0.29) is 23.4 Å². The largest absolute Gasteiger partial charge is 0.494 e. The molecule has 0 aliphatic heterocycles. The molecule has 29 heavy (non-hydrogen) atoms. The van der Waals surface area contributed by atoms with E-state index < -0.39 is 11.0 Å². The smallest absolute Gasteiger partial charge is 0.273 e. The van der Waals surface area contributed by atoms with Crippen molar-refractivity contribution in [1.82, 2.24) is 5.32 Å². The molecule has 0 unspecified atom stereocenters. The molecule has 0 bridgehead atoms. The first-order chi connectivity index (χ1) is 13.9. The van der Waals surface area contributed by atoms with E-state index in [0.29, 0.717) is 5.69 Å². The molecule has 3 aromatic rings. The maximum absolute atomic E-state index is 12.7. The number of carbonyl (C=O) groups is 1. The quantitative estimate of drug-likeness (QED) is 0.457. The van der Waals surface area contributed by atoms with Gasteiger partial charge in [-0.25, -0.2) is 0 Å². The summed E-state index contributed by atoms with van der Waals surface area (Å²) >= 11 is 0. The highest BCUT2D eigenvalue weighted by Crippen LogP contribution is 2.29. The minimum absolute atomic E-state index is 0.0550. The van der Waals surface area contributed by atoms with Crippen molar-refractivity contribution in [2.24, 2.45) is 0 Å². The molecule has 0 aliphatic rings. The average Bonchev–Trinajstić information content (AvgIpc) is 2.73. The summed E-state index contributed by atoms with van der Waals surface area (Å²) in [4.78, 5) is 23.1. The fraction of sp³-hybridized carbons (Fsp3) is 0.227. The highest BCUT2D eigenvalue weighted by Gasteiger charge is 2.20. The minimum atomic E-state index is -0.510. The van der Waals surface area contributed by atoms with E-state index in [1.165, 1.54) is 25.3 Å². The first-order valence-corrected chi connectivity index (χ1v) is 9.27. The van der Waals surface area contributed by atoms with Gasteiger partial charge in [0.1, 0.15) is 5.75 Å². The van der Waals surface area contributed by atoms with Crippen LogP contribution in [-0.4, -0.2) is 24.0 Å². The van der Waals surface area contributed by atoms with Gasteiger partial charge in [-0.15, -0.1) is 0 Å². The lowest BCUT2D eigenvalue weighted by Gasteiger charge is -2.21. The van der Waals surface area contributed by atoms with E-state index >= 15 is 0 Å². The van der Waals surface area contributed by atoms with Gasteiger partial charge in [0.15, 0.2) is 0 Å². The van der Waals surface area contributed by atoms with E-state index in [1.54, 1.807) is 6.92 Å². The summed E-state index contributed by atoms with van der Waals surface area (Å²) in [5, 5.41) is 19.3. The van der Waals surface area contributed by atoms with Crippen molar-refractivity contribution in [2.75, 3.05) is 12.4 Å². The zero-order valence-corrected chi connectivity index (χ0v) is 16.5. The molecule has 0 spiro atoms. The van der Waals surface area contributed by atoms with Crippen molar-refractivity contribution in [2.45, 2.75) is 25.9 Å². The molecule has 0 heterocycles. The van der Waals surface area contributed by atoms with E-state index in [9.17, 15) is 14.9 Å². The third-order valence-electron chi connectivity index (χ3n) is 4.84. The fourth-order valence-electron chi connectivity index (χ4n) is 3.31. The van der Waals surface area contributed by atoms with Crippen LogP contribution in [0.4, 0.5) is 11.4 Å². The fourth-order valence-corrected chi connectivity index (χ4v) is 3.31. The summed E-state index contributed by atoms with van der Waals surface area (Å²) in [5.41, 5.74) is 1.39. The second-order valence-electron chi connectivity index (χ2n) is 6.81. The summed E-state index contributed by atoms with van der Waals surface area (Å²) < 4.78 is 5.18. The Morgan fingerprint density at radius 1 is 1.07 bits per heavy atom. The summed E-state index contributed by atoms with van der Waals surface area (Å²) in [7, 11) is 1.40. The number of amides is 1. The summed E-state index contributed by atoms with van der Waals surface area (Å²) in [6, 6.07) is 17.8. The van der Waals surface area contributed by atoms with E-state index in [1.807, 2.05) is 31.2 Å². The maximum Gasteiger partial charge on any atom is 0.273 e. The number of non-ortho nitro benzene ring substituents is 1. The Morgan fingerprint density at radius 2 is 1.79 bits per heavy atom. The molecule has 0 saturated heterocycles. The maximum atomic E-state index is 12.7. The molecule has 150 valence electrons. The third kappa shape index (κ3) is 4.52. The zero-order chi connectivity index (χ0) is 21.0. The molecule has 0 saturated carbocycles. The average molecular weight is 393 g/mol. The van der Waals surface area contributed by atoms with E-state index in [4.69, 9.17) is 4.74 Å². The number of anilines is 1. The number of nitro groups is 1. The predicted molar refractivity (Wildman–Crippen MR) is 113 cm³/mol. The predicted octanol–water partition coefficient (Wildman–Crippen LogP) is 4.43. The second-order valence-corrected chi connectivity index (χ2v) is 6.81. The first kappa shape index (κ1) is 20.3. The lowest BCUT2D eigenvalue weighted by Crippen LogP contribution is -2.39. The van der Waals surface area contributed by atoms with E-state index in [0.717, 1.165) is 16.3 Å². The lowest BCUT2D eigenvalue weighted by molar-refractivity contribution is -0.384. The van der Waals surface area contributed by atoms with E-state index in [2.05, 4.69) is 28.8 Å². The topological polar surface area (TPSA) is 93.5 Å². The van der Waals surface area contributed by atoms with Crippen LogP contribution in [0, 0.1) is 10.1 Å². The highest BCUT2D eigenvalue weighted by molar-refractivity contribution is 5.96. The van der Waals surface area contributed by atoms with Crippen LogP contribution >= 0.6 is 0 Å². The minimum Gasteiger partial charge on any atom is -0.494 e. The Balaban J connectivity index is 1.73. The van der Waals surface area contributed by atoms with Gasteiger partial charge >= 0.3 is 0 Å². The van der Waals surface area contributed by atoms with Crippen molar-refractivity contribution in [1.29, 1.82) is 0 Å². The molecule has 7 nitrogen and oxygen atoms in total. The number of hydrogen-bond acceptors (Lipinski definition) is 5. The number of hydrogen-bond donors (Lipinski definition) is 2. The van der Waals surface area contributed by atoms with Crippen LogP contribution in [-0.2, 0) is 4.79 Å². The van der Waals surface area contributed by atoms with Crippen LogP contribution in [0.15, 0.2) is 60.7 Å². The number of nitrogens with zero attached hydrogens (tertiary/aromatic N) is 1. The summed E-state index contributed by atoms with van der Waals surface area (Å²) in [6.45, 7) is 3.78. The van der Waals surface area contributed by atoms with Gasteiger partial charge in [0.2, 0.25) is 5.91 Å². The van der Waals surface area contributed by atoms with Crippen molar-refractivity contribution in [3.05, 3.63) is 76.3 Å². The summed E-state index contributed by atoms with van der Waals surface area (Å²) in [6.07, 6.45) is 0. The molecule has 3 aromatic carbocycles. The van der Waals surface area contributed by atoms with Gasteiger partial charge in [-0.3, -0.25) is 20.2 Å². The van der Waals surface area contributed by atoms with Crippen molar-refractivity contribution in [3.63, 3.8) is 0 Å². The number of rotatable bonds is 7. The van der Waals surface area contributed by atoms with Crippen LogP contribution in [0.3, 0.4) is 0 Å². The number of benzene rings is 3. The monoisotopic (exact) mass is 393 g/mol. The van der Waals surface area contributed by atoms with Crippen LogP contribution in [0.2, 0.25) is 0 Å². The molecule has 2 N–H and O–H groups in total. The molecular weight excluding hydrogens is 370 g/mol. The number of nitro benzene ring substituents is 1. The Bertz CT molecular complexity index is 1050. The first-order valence-electron chi connectivity index (χ1n) is 9.27. The molecule has 3 rings (SSSR count). The molecule has 0 aliphatic carbocycles. The Morgan fingerprint density at radius 3 is 2.52 bits per heavy atom. The number of carbonyl (C=O) groups excluding carboxylic acids is 1. The molecular formula is C22H23N3O4. The Labute approximate surface area is 168 Å². The van der Waals surface area contributed by atoms with Gasteiger partial charge in [0, 0.05) is 12.1 Å². The molecule has 0 radical (unpaired) electrons. The second kappa shape index (κ2) is 8.70. The number of nitrogens with one attached hydrogen (secondary N) is 2. The van der Waals surface area contributed by atoms with Gasteiger partial charge in [0.25, 0.3) is 5.69 Å². The normalized spacial score (nSPS) is 12.9. The summed E-state index contributed by atoms with van der Waals surface area (Å²) in [5.74, 6) is -0.0221. The van der Waals surface area contributed by atoms with Gasteiger partial charge in [-0.05, 0) is 36.2 Å². The molecule has 0 fully saturated rings. The van der Waals surface area contributed by atoms with Crippen LogP contribution < -0.4 is 15.4 Å². The molecule has 7 heteroatoms. The van der Waals surface area contributed by atoms with Crippen molar-refractivity contribution in [3.8, 4) is 5.75 Å². The molecule has 2 atom stereocenters. The Kier molecular flexibility index (Phi) is 6.09. The lowest BCUT2D eigenvalue weighted by atomic mass is 9.99. The van der Waals surface area contributed by atoms with Crippen molar-refractivity contribution >= 4 is 28.1 Å². The Hall–Kier alpha value is -3.45. The zero-order valence-electron chi connectivity index (χ0n) is 16.5. The number of ether oxygens (including phenoxy) is 1. The van der Waals surface area contributed by atoms with Crippen LogP contribution in [0.1, 0.15) is 25.5 Å².